The van der Waals surface area contributed by atoms with Gasteiger partial charge in [-0.2, -0.15) is 0 Å². The maximum absolute atomic E-state index is 4.04. The van der Waals surface area contributed by atoms with E-state index >= 15 is 0 Å². The molecule has 0 radical (unpaired) electrons. The Labute approximate surface area is 87.8 Å². The number of nitrogens with one attached hydrogen (secondary N) is 1. The van der Waals surface area contributed by atoms with Crippen LogP contribution in [-0.2, 0) is 0 Å². The normalized spacial score (nSPS) is 19.9. The van der Waals surface area contributed by atoms with Crippen molar-refractivity contribution in [2.75, 3.05) is 53.4 Å². The van der Waals surface area contributed by atoms with Crippen molar-refractivity contribution in [3.8, 4) is 0 Å². The Morgan fingerprint density at radius 3 is 2.50 bits per heavy atom. The molecule has 3 heteroatoms. The van der Waals surface area contributed by atoms with E-state index < -0.39 is 0 Å². The summed E-state index contributed by atoms with van der Waals surface area (Å²) >= 11 is 0. The van der Waals surface area contributed by atoms with Crippen LogP contribution < -0.4 is 5.32 Å². The molecule has 0 aromatic rings. The molecule has 0 spiro atoms. The summed E-state index contributed by atoms with van der Waals surface area (Å²) in [5, 5.41) is 3.14. The van der Waals surface area contributed by atoms with E-state index in [0.29, 0.717) is 0 Å². The van der Waals surface area contributed by atoms with Crippen LogP contribution in [0.3, 0.4) is 0 Å². The lowest BCUT2D eigenvalue weighted by molar-refractivity contribution is 0.155. The van der Waals surface area contributed by atoms with Crippen molar-refractivity contribution in [3.63, 3.8) is 0 Å². The fraction of sp³-hybridized carbons (Fsp3) is 0.818. The van der Waals surface area contributed by atoms with Crippen LogP contribution in [0.15, 0.2) is 12.2 Å². The third-order valence-electron chi connectivity index (χ3n) is 2.80. The van der Waals surface area contributed by atoms with Crippen LogP contribution in [0.4, 0.5) is 0 Å². The van der Waals surface area contributed by atoms with Gasteiger partial charge in [0.25, 0.3) is 0 Å². The summed E-state index contributed by atoms with van der Waals surface area (Å²) in [5.41, 5.74) is 1.31. The summed E-state index contributed by atoms with van der Waals surface area (Å²) in [6, 6.07) is 0. The van der Waals surface area contributed by atoms with Gasteiger partial charge in [-0.25, -0.2) is 0 Å². The first-order valence-electron chi connectivity index (χ1n) is 5.44. The molecule has 0 saturated carbocycles. The second-order valence-corrected chi connectivity index (χ2v) is 4.18. The van der Waals surface area contributed by atoms with E-state index in [9.17, 15) is 0 Å². The molecule has 82 valence electrons. The van der Waals surface area contributed by atoms with E-state index in [1.807, 2.05) is 7.05 Å². The molecule has 1 N–H and O–H groups in total. The Morgan fingerprint density at radius 1 is 1.29 bits per heavy atom. The van der Waals surface area contributed by atoms with Crippen molar-refractivity contribution >= 4 is 0 Å². The first-order chi connectivity index (χ1) is 6.72. The second kappa shape index (κ2) is 6.17. The van der Waals surface area contributed by atoms with Gasteiger partial charge in [-0.15, -0.1) is 0 Å². The lowest BCUT2D eigenvalue weighted by Gasteiger charge is -2.32. The lowest BCUT2D eigenvalue weighted by atomic mass is 10.2. The molecule has 1 aliphatic heterocycles. The number of rotatable bonds is 5. The standard InChI is InChI=1S/C11H23N3/c1-11(10-12-2)4-5-14-8-6-13(3)7-9-14/h12H,1,4-10H2,2-3H3. The van der Waals surface area contributed by atoms with Gasteiger partial charge in [0.1, 0.15) is 0 Å². The second-order valence-electron chi connectivity index (χ2n) is 4.18. The van der Waals surface area contributed by atoms with Crippen molar-refractivity contribution in [2.45, 2.75) is 6.42 Å². The van der Waals surface area contributed by atoms with Crippen molar-refractivity contribution in [3.05, 3.63) is 12.2 Å². The number of likely N-dealkylation sites (N-methyl/N-ethyl adjacent to an activating group) is 2. The number of hydrogen-bond acceptors (Lipinski definition) is 3. The highest BCUT2D eigenvalue weighted by Crippen LogP contribution is 2.03. The van der Waals surface area contributed by atoms with Crippen molar-refractivity contribution in [1.29, 1.82) is 0 Å². The van der Waals surface area contributed by atoms with Crippen LogP contribution in [0.25, 0.3) is 0 Å². The number of nitrogens with zero attached hydrogens (tertiary/aromatic N) is 2. The van der Waals surface area contributed by atoms with Crippen LogP contribution in [0.1, 0.15) is 6.42 Å². The molecule has 0 amide bonds. The fourth-order valence-corrected chi connectivity index (χ4v) is 1.73. The summed E-state index contributed by atoms with van der Waals surface area (Å²) in [7, 11) is 4.16. The highest BCUT2D eigenvalue weighted by molar-refractivity contribution is 4.96. The van der Waals surface area contributed by atoms with Gasteiger partial charge in [-0.3, -0.25) is 0 Å². The van der Waals surface area contributed by atoms with E-state index in [0.717, 1.165) is 13.0 Å². The fourth-order valence-electron chi connectivity index (χ4n) is 1.73. The SMILES string of the molecule is C=C(CCN1CCN(C)CC1)CNC. The van der Waals surface area contributed by atoms with Crippen molar-refractivity contribution in [2.24, 2.45) is 0 Å². The third-order valence-corrected chi connectivity index (χ3v) is 2.80. The Bertz CT molecular complexity index is 171. The highest BCUT2D eigenvalue weighted by atomic mass is 15.2. The van der Waals surface area contributed by atoms with Gasteiger partial charge in [0, 0.05) is 39.3 Å². The first-order valence-corrected chi connectivity index (χ1v) is 5.44. The molecule has 1 aliphatic rings. The largest absolute Gasteiger partial charge is 0.316 e. The van der Waals surface area contributed by atoms with Gasteiger partial charge < -0.3 is 15.1 Å². The summed E-state index contributed by atoms with van der Waals surface area (Å²) in [6.45, 7) is 11.0. The molecule has 0 bridgehead atoms. The molecule has 1 fully saturated rings. The average molecular weight is 197 g/mol. The number of piperazine rings is 1. The summed E-state index contributed by atoms with van der Waals surface area (Å²) in [4.78, 5) is 4.92. The average Bonchev–Trinajstić information content (AvgIpc) is 2.17. The summed E-state index contributed by atoms with van der Waals surface area (Å²) < 4.78 is 0. The zero-order valence-corrected chi connectivity index (χ0v) is 9.55. The quantitative estimate of drug-likeness (QED) is 0.644. The number of hydrogen-bond donors (Lipinski definition) is 1. The summed E-state index contributed by atoms with van der Waals surface area (Å²) in [5.74, 6) is 0. The van der Waals surface area contributed by atoms with Gasteiger partial charge in [0.15, 0.2) is 0 Å². The molecule has 3 nitrogen and oxygen atoms in total. The molecule has 1 rings (SSSR count). The van der Waals surface area contributed by atoms with Crippen LogP contribution in [-0.4, -0.2) is 63.2 Å². The van der Waals surface area contributed by atoms with Gasteiger partial charge in [0.05, 0.1) is 0 Å². The predicted octanol–water partition coefficient (Wildman–Crippen LogP) is 0.400. The van der Waals surface area contributed by atoms with E-state index in [4.69, 9.17) is 0 Å². The summed E-state index contributed by atoms with van der Waals surface area (Å²) in [6.07, 6.45) is 1.13. The van der Waals surface area contributed by atoms with Crippen LogP contribution in [0.5, 0.6) is 0 Å². The Balaban J connectivity index is 2.09. The van der Waals surface area contributed by atoms with Gasteiger partial charge in [0.2, 0.25) is 0 Å². The molecule has 1 heterocycles. The van der Waals surface area contributed by atoms with Crippen molar-refractivity contribution < 1.29 is 0 Å². The van der Waals surface area contributed by atoms with E-state index in [1.165, 1.54) is 38.3 Å². The Kier molecular flexibility index (Phi) is 5.15. The first kappa shape index (κ1) is 11.7. The van der Waals surface area contributed by atoms with E-state index in [1.54, 1.807) is 0 Å². The topological polar surface area (TPSA) is 18.5 Å². The van der Waals surface area contributed by atoms with E-state index in [-0.39, 0.29) is 0 Å². The molecule has 1 saturated heterocycles. The van der Waals surface area contributed by atoms with Crippen molar-refractivity contribution in [1.82, 2.24) is 15.1 Å². The minimum atomic E-state index is 0.952. The smallest absolute Gasteiger partial charge is 0.0159 e. The molecule has 0 aromatic heterocycles. The van der Waals surface area contributed by atoms with Gasteiger partial charge >= 0.3 is 0 Å². The van der Waals surface area contributed by atoms with E-state index in [2.05, 4.69) is 28.7 Å². The van der Waals surface area contributed by atoms with Crippen LogP contribution in [0.2, 0.25) is 0 Å². The monoisotopic (exact) mass is 197 g/mol. The van der Waals surface area contributed by atoms with Crippen LogP contribution >= 0.6 is 0 Å². The molecule has 0 aromatic carbocycles. The van der Waals surface area contributed by atoms with Crippen LogP contribution in [0, 0.1) is 0 Å². The third kappa shape index (κ3) is 4.22. The molecule has 0 unspecified atom stereocenters. The lowest BCUT2D eigenvalue weighted by Crippen LogP contribution is -2.44. The molecule has 0 atom stereocenters. The van der Waals surface area contributed by atoms with Gasteiger partial charge in [-0.05, 0) is 20.5 Å². The maximum Gasteiger partial charge on any atom is 0.0159 e. The predicted molar refractivity (Wildman–Crippen MR) is 61.6 cm³/mol. The molecular formula is C11H23N3. The van der Waals surface area contributed by atoms with Gasteiger partial charge in [-0.1, -0.05) is 12.2 Å². The Morgan fingerprint density at radius 2 is 1.93 bits per heavy atom. The maximum atomic E-state index is 4.04. The zero-order valence-electron chi connectivity index (χ0n) is 9.55. The highest BCUT2D eigenvalue weighted by Gasteiger charge is 2.12. The Hall–Kier alpha value is -0.380. The molecular weight excluding hydrogens is 174 g/mol. The minimum Gasteiger partial charge on any atom is -0.316 e. The molecule has 0 aliphatic carbocycles. The minimum absolute atomic E-state index is 0.952. The molecule has 14 heavy (non-hydrogen) atoms. The zero-order chi connectivity index (χ0) is 10.4.